The van der Waals surface area contributed by atoms with Gasteiger partial charge in [-0.05, 0) is 0 Å². The number of carbonyl (C=O) groups is 8. The number of esters is 8. The first-order valence-corrected chi connectivity index (χ1v) is 17.7. The summed E-state index contributed by atoms with van der Waals surface area (Å²) in [5.74, 6) is -7.15. The van der Waals surface area contributed by atoms with Crippen LogP contribution in [0.2, 0.25) is 0 Å². The van der Waals surface area contributed by atoms with Gasteiger partial charge >= 0.3 is 47.8 Å². The first-order chi connectivity index (χ1) is 27.1. The van der Waals surface area contributed by atoms with Gasteiger partial charge in [-0.2, -0.15) is 0 Å². The van der Waals surface area contributed by atoms with Gasteiger partial charge in [-0.15, -0.1) is 0 Å². The van der Waals surface area contributed by atoms with Crippen LogP contribution in [0.15, 0.2) is 0 Å². The maximum absolute atomic E-state index is 12.3. The Kier molecular flexibility index (Phi) is 17.7. The van der Waals surface area contributed by atoms with Crippen molar-refractivity contribution in [1.29, 1.82) is 0 Å². The maximum atomic E-state index is 12.3. The van der Waals surface area contributed by atoms with E-state index in [1.165, 1.54) is 0 Å². The van der Waals surface area contributed by atoms with Crippen LogP contribution in [0.4, 0.5) is 0 Å². The third-order valence-electron chi connectivity index (χ3n) is 8.27. The summed E-state index contributed by atoms with van der Waals surface area (Å²) < 4.78 is 71.0. The van der Waals surface area contributed by atoms with Crippen LogP contribution in [-0.4, -0.2) is 175 Å². The highest BCUT2D eigenvalue weighted by Crippen LogP contribution is 2.35. The van der Waals surface area contributed by atoms with Gasteiger partial charge < -0.3 is 76.9 Å². The van der Waals surface area contributed by atoms with Crippen molar-refractivity contribution in [2.45, 2.75) is 148 Å². The Labute approximate surface area is 330 Å². The topological polar surface area (TPSA) is 317 Å². The van der Waals surface area contributed by atoms with Crippen LogP contribution in [0.25, 0.3) is 0 Å². The van der Waals surface area contributed by atoms with Crippen LogP contribution in [0.5, 0.6) is 0 Å². The highest BCUT2D eigenvalue weighted by Gasteiger charge is 2.57. The van der Waals surface area contributed by atoms with Crippen molar-refractivity contribution in [3.63, 3.8) is 0 Å². The van der Waals surface area contributed by atoms with Gasteiger partial charge in [0, 0.05) is 55.4 Å². The minimum Gasteiger partial charge on any atom is -0.463 e. The zero-order valence-corrected chi connectivity index (χ0v) is 32.7. The molecule has 0 amide bonds. The monoisotopic (exact) mass is 840 g/mol. The molecule has 328 valence electrons. The molecule has 0 aromatic rings. The summed E-state index contributed by atoms with van der Waals surface area (Å²) in [6.07, 6.45) is -26.2. The predicted octanol–water partition coefficient (Wildman–Crippen LogP) is -3.01. The molecule has 0 aromatic carbocycles. The van der Waals surface area contributed by atoms with E-state index in [9.17, 15) is 53.7 Å². The van der Waals surface area contributed by atoms with E-state index in [1.54, 1.807) is 0 Å². The Hall–Kier alpha value is -4.56. The maximum Gasteiger partial charge on any atom is 0.303 e. The quantitative estimate of drug-likeness (QED) is 0.109. The van der Waals surface area contributed by atoms with Gasteiger partial charge in [0.25, 0.3) is 0 Å². The molecule has 58 heavy (non-hydrogen) atoms. The lowest BCUT2D eigenvalue weighted by Crippen LogP contribution is -2.66. The van der Waals surface area contributed by atoms with Gasteiger partial charge in [0.15, 0.2) is 55.5 Å². The number of hydrogen-bond donors (Lipinski definition) is 3. The summed E-state index contributed by atoms with van der Waals surface area (Å²) in [4.78, 5) is 96.4. The molecule has 3 rings (SSSR count). The van der Waals surface area contributed by atoms with Crippen molar-refractivity contribution < 1.29 is 115 Å². The zero-order chi connectivity index (χ0) is 43.6. The van der Waals surface area contributed by atoms with Crippen molar-refractivity contribution in [3.8, 4) is 0 Å². The lowest BCUT2D eigenvalue weighted by Gasteiger charge is -2.47. The van der Waals surface area contributed by atoms with Crippen LogP contribution < -0.4 is 0 Å². The zero-order valence-electron chi connectivity index (χ0n) is 32.7. The molecule has 0 aromatic heterocycles. The lowest BCUT2D eigenvalue weighted by atomic mass is 9.96. The molecule has 0 radical (unpaired) electrons. The summed E-state index contributed by atoms with van der Waals surface area (Å²) in [6, 6.07) is 0. The third kappa shape index (κ3) is 13.5. The van der Waals surface area contributed by atoms with E-state index < -0.39 is 160 Å². The number of aliphatic hydroxyl groups excluding tert-OH is 3. The summed E-state index contributed by atoms with van der Waals surface area (Å²) >= 11 is 0. The van der Waals surface area contributed by atoms with Crippen LogP contribution in [0.3, 0.4) is 0 Å². The van der Waals surface area contributed by atoms with Gasteiger partial charge in [-0.25, -0.2) is 0 Å². The van der Waals surface area contributed by atoms with Gasteiger partial charge in [0.2, 0.25) is 0 Å². The normalized spacial score (nSPS) is 34.6. The Morgan fingerprint density at radius 1 is 0.397 bits per heavy atom. The van der Waals surface area contributed by atoms with E-state index in [0.717, 1.165) is 55.4 Å². The van der Waals surface area contributed by atoms with E-state index in [4.69, 9.17) is 61.6 Å². The number of carbonyl (C=O) groups excluding carboxylic acids is 8. The van der Waals surface area contributed by atoms with Gasteiger partial charge in [-0.3, -0.25) is 38.4 Å². The van der Waals surface area contributed by atoms with Crippen molar-refractivity contribution in [2.75, 3.05) is 19.8 Å². The summed E-state index contributed by atoms with van der Waals surface area (Å²) in [5, 5.41) is 33.2. The molecule has 0 spiro atoms. The molecule has 3 N–H and O–H groups in total. The Morgan fingerprint density at radius 3 is 1.16 bits per heavy atom. The first-order valence-electron chi connectivity index (χ1n) is 17.7. The minimum atomic E-state index is -2.14. The van der Waals surface area contributed by atoms with Crippen molar-refractivity contribution in [2.24, 2.45) is 0 Å². The fourth-order valence-electron chi connectivity index (χ4n) is 6.18. The molecular formula is C34H48O24. The molecule has 3 saturated heterocycles. The van der Waals surface area contributed by atoms with Crippen LogP contribution >= 0.6 is 0 Å². The average Bonchev–Trinajstić information content (AvgIpc) is 3.09. The number of hydrogen-bond acceptors (Lipinski definition) is 24. The first kappa shape index (κ1) is 47.8. The molecule has 0 aliphatic carbocycles. The number of rotatable bonds is 15. The molecule has 3 aliphatic rings. The van der Waals surface area contributed by atoms with Crippen molar-refractivity contribution in [3.05, 3.63) is 0 Å². The van der Waals surface area contributed by atoms with Crippen LogP contribution in [-0.2, 0) is 99.9 Å². The summed E-state index contributed by atoms with van der Waals surface area (Å²) in [6.45, 7) is 6.11. The van der Waals surface area contributed by atoms with E-state index in [0.29, 0.717) is 0 Å². The molecule has 0 bridgehead atoms. The SMILES string of the molecule is CC(=O)OC[C@H]1O[C@H](OC[C@H]2O[C@H](O)[C@@H](O)[C@@H](O[C@H]3O[C@H](COC(C)=O)[C@@H](OC(C)=O)[C@H](OC(C)=O)[C@@H]3OC(C)=O)[C@@H]2O)[C@@H](OC(C)=O)[C@@H](OC(C)=O)[C@@H]1OC(C)=O. The molecule has 3 aliphatic heterocycles. The van der Waals surface area contributed by atoms with E-state index in [2.05, 4.69) is 0 Å². The number of ether oxygens (including phenoxy) is 13. The fourth-order valence-corrected chi connectivity index (χ4v) is 6.18. The van der Waals surface area contributed by atoms with E-state index in [-0.39, 0.29) is 0 Å². The van der Waals surface area contributed by atoms with E-state index >= 15 is 0 Å². The molecule has 0 saturated carbocycles. The summed E-state index contributed by atoms with van der Waals surface area (Å²) in [5.41, 5.74) is 0. The van der Waals surface area contributed by atoms with Gasteiger partial charge in [0.05, 0.1) is 6.61 Å². The smallest absolute Gasteiger partial charge is 0.303 e. The summed E-state index contributed by atoms with van der Waals surface area (Å²) in [7, 11) is 0. The minimum absolute atomic E-state index is 0.586. The largest absolute Gasteiger partial charge is 0.463 e. The highest BCUT2D eigenvalue weighted by molar-refractivity contribution is 5.70. The second-order valence-corrected chi connectivity index (χ2v) is 13.1. The van der Waals surface area contributed by atoms with Crippen molar-refractivity contribution in [1.82, 2.24) is 0 Å². The average molecular weight is 841 g/mol. The van der Waals surface area contributed by atoms with Crippen LogP contribution in [0, 0.1) is 0 Å². The molecule has 3 fully saturated rings. The van der Waals surface area contributed by atoms with E-state index in [1.807, 2.05) is 0 Å². The van der Waals surface area contributed by atoms with Crippen molar-refractivity contribution >= 4 is 47.8 Å². The Morgan fingerprint density at radius 2 is 0.759 bits per heavy atom. The number of aliphatic hydroxyl groups is 3. The standard InChI is InChI=1S/C34H48O24/c1-12(35)46-10-21-25(49-14(3)37)28(51-16(5)39)30(53-18(7)41)33(56-21)48-9-20-23(43)27(24(44)32(45)55-20)58-34-31(54-19(8)42)29(52-17(6)40)26(50-15(4)38)22(57-34)11-47-13(2)36/h20-34,43-45H,9-11H2,1-8H3/t20-,21-,22-,23-,24+,25-,26-,27+,28+,29+,30+,31+,32+,33+,34-/m1/s1. The second-order valence-electron chi connectivity index (χ2n) is 13.1. The lowest BCUT2D eigenvalue weighted by molar-refractivity contribution is -0.362. The molecule has 0 unspecified atom stereocenters. The van der Waals surface area contributed by atoms with Gasteiger partial charge in [0.1, 0.15) is 49.8 Å². The van der Waals surface area contributed by atoms with Gasteiger partial charge in [-0.1, -0.05) is 0 Å². The molecular weight excluding hydrogens is 792 g/mol. The fraction of sp³-hybridized carbons (Fsp3) is 0.765. The second kappa shape index (κ2) is 21.4. The molecule has 3 heterocycles. The molecule has 24 heteroatoms. The molecule has 24 nitrogen and oxygen atoms in total. The highest BCUT2D eigenvalue weighted by atomic mass is 16.8. The third-order valence-corrected chi connectivity index (χ3v) is 8.27. The Bertz CT molecular complexity index is 1500. The predicted molar refractivity (Wildman–Crippen MR) is 178 cm³/mol. The van der Waals surface area contributed by atoms with Crippen LogP contribution in [0.1, 0.15) is 55.4 Å². The molecule has 15 atom stereocenters. The Balaban J connectivity index is 1.97.